The highest BCUT2D eigenvalue weighted by Crippen LogP contribution is 2.28. The van der Waals surface area contributed by atoms with E-state index in [1.54, 1.807) is 12.1 Å². The first-order chi connectivity index (χ1) is 15.4. The third kappa shape index (κ3) is 4.33. The van der Waals surface area contributed by atoms with Crippen LogP contribution in [0.3, 0.4) is 0 Å². The molecule has 1 amide bonds. The molecule has 7 heteroatoms. The highest BCUT2D eigenvalue weighted by Gasteiger charge is 2.16. The maximum absolute atomic E-state index is 12.7. The second-order valence-electron chi connectivity index (χ2n) is 7.58. The maximum atomic E-state index is 12.7. The smallest absolute Gasteiger partial charge is 0.261 e. The lowest BCUT2D eigenvalue weighted by atomic mass is 10.1. The fourth-order valence-electron chi connectivity index (χ4n) is 3.47. The van der Waals surface area contributed by atoms with E-state index >= 15 is 0 Å². The van der Waals surface area contributed by atoms with E-state index in [0.29, 0.717) is 17.2 Å². The summed E-state index contributed by atoms with van der Waals surface area (Å²) in [7, 11) is 1.54. The number of aromatic nitrogens is 1. The fraction of sp³-hybridized carbons (Fsp3) is 0.160. The second-order valence-corrected chi connectivity index (χ2v) is 7.99. The molecule has 3 aromatic carbocycles. The van der Waals surface area contributed by atoms with Gasteiger partial charge in [0, 0.05) is 11.3 Å². The monoisotopic (exact) mass is 445 g/mol. The molecule has 0 saturated heterocycles. The van der Waals surface area contributed by atoms with Crippen LogP contribution >= 0.6 is 12.2 Å². The summed E-state index contributed by atoms with van der Waals surface area (Å²) in [5.41, 5.74) is 6.47. The third-order valence-electron chi connectivity index (χ3n) is 5.16. The van der Waals surface area contributed by atoms with Crippen LogP contribution in [0.5, 0.6) is 5.75 Å². The summed E-state index contributed by atoms with van der Waals surface area (Å²) in [5.74, 6) is 0.705. The van der Waals surface area contributed by atoms with Crippen LogP contribution in [0, 0.1) is 20.8 Å². The Kier molecular flexibility index (Phi) is 5.92. The van der Waals surface area contributed by atoms with E-state index in [0.717, 1.165) is 39.0 Å². The normalized spacial score (nSPS) is 10.8. The number of thiocarbonyl (C=S) groups is 1. The van der Waals surface area contributed by atoms with Crippen LogP contribution in [0.25, 0.3) is 22.6 Å². The van der Waals surface area contributed by atoms with Crippen molar-refractivity contribution in [2.24, 2.45) is 0 Å². The third-order valence-corrected chi connectivity index (χ3v) is 5.37. The van der Waals surface area contributed by atoms with Crippen LogP contribution in [0.15, 0.2) is 59.0 Å². The molecule has 162 valence electrons. The molecule has 2 N–H and O–H groups in total. The van der Waals surface area contributed by atoms with E-state index < -0.39 is 0 Å². The second kappa shape index (κ2) is 8.80. The number of methoxy groups -OCH3 is 1. The van der Waals surface area contributed by atoms with Gasteiger partial charge in [-0.2, -0.15) is 0 Å². The molecule has 6 nitrogen and oxygen atoms in total. The first-order valence-electron chi connectivity index (χ1n) is 10.1. The Morgan fingerprint density at radius 3 is 2.62 bits per heavy atom. The Morgan fingerprint density at radius 2 is 1.84 bits per heavy atom. The Balaban J connectivity index is 1.54. The molecule has 1 heterocycles. The number of aryl methyl sites for hydroxylation is 3. The van der Waals surface area contributed by atoms with Crippen LogP contribution in [-0.2, 0) is 0 Å². The van der Waals surface area contributed by atoms with Gasteiger partial charge in [-0.05, 0) is 80.0 Å². The van der Waals surface area contributed by atoms with Crippen molar-refractivity contribution in [3.8, 4) is 17.2 Å². The minimum absolute atomic E-state index is 0.187. The van der Waals surface area contributed by atoms with Crippen molar-refractivity contribution in [3.05, 3.63) is 76.9 Å². The standard InChI is InChI=1S/C25H23N3O3S/c1-14-8-11-19-21(12-14)31-24(26-19)17-10-9-15(2)20(13-17)27-25(32)28-23(29)18-7-5-6-16(3)22(18)30-4/h5-13H,1-4H3,(H2,27,28,29,32). The van der Waals surface area contributed by atoms with E-state index in [2.05, 4.69) is 15.6 Å². The van der Waals surface area contributed by atoms with Crippen molar-refractivity contribution < 1.29 is 13.9 Å². The predicted molar refractivity (Wildman–Crippen MR) is 130 cm³/mol. The van der Waals surface area contributed by atoms with E-state index in [-0.39, 0.29) is 11.0 Å². The van der Waals surface area contributed by atoms with Gasteiger partial charge >= 0.3 is 0 Å². The zero-order valence-corrected chi connectivity index (χ0v) is 19.1. The topological polar surface area (TPSA) is 76.4 Å². The number of hydrogen-bond acceptors (Lipinski definition) is 5. The van der Waals surface area contributed by atoms with Crippen LogP contribution in [-0.4, -0.2) is 23.1 Å². The van der Waals surface area contributed by atoms with Crippen molar-refractivity contribution >= 4 is 40.0 Å². The van der Waals surface area contributed by atoms with Gasteiger partial charge in [0.25, 0.3) is 5.91 Å². The minimum Gasteiger partial charge on any atom is -0.496 e. The van der Waals surface area contributed by atoms with E-state index in [4.69, 9.17) is 21.4 Å². The molecular weight excluding hydrogens is 422 g/mol. The van der Waals surface area contributed by atoms with Gasteiger partial charge in [-0.1, -0.05) is 24.3 Å². The Morgan fingerprint density at radius 1 is 1.03 bits per heavy atom. The number of carbonyl (C=O) groups is 1. The number of oxazole rings is 1. The number of anilines is 1. The van der Waals surface area contributed by atoms with Gasteiger partial charge in [-0.3, -0.25) is 10.1 Å². The maximum Gasteiger partial charge on any atom is 0.261 e. The first-order valence-corrected chi connectivity index (χ1v) is 10.5. The van der Waals surface area contributed by atoms with E-state index in [1.807, 2.05) is 63.2 Å². The highest BCUT2D eigenvalue weighted by atomic mass is 32.1. The predicted octanol–water partition coefficient (Wildman–Crippen LogP) is 5.56. The summed E-state index contributed by atoms with van der Waals surface area (Å²) in [6.07, 6.45) is 0. The molecular formula is C25H23N3O3S. The molecule has 0 spiro atoms. The lowest BCUT2D eigenvalue weighted by Crippen LogP contribution is -2.34. The van der Waals surface area contributed by atoms with Gasteiger partial charge in [0.05, 0.1) is 12.7 Å². The van der Waals surface area contributed by atoms with Crippen molar-refractivity contribution in [1.82, 2.24) is 10.3 Å². The summed E-state index contributed by atoms with van der Waals surface area (Å²) in [5, 5.41) is 6.02. The number of ether oxygens (including phenoxy) is 1. The average molecular weight is 446 g/mol. The van der Waals surface area contributed by atoms with E-state index in [9.17, 15) is 4.79 Å². The SMILES string of the molecule is COc1c(C)cccc1C(=O)NC(=S)Nc1cc(-c2nc3ccc(C)cc3o2)ccc1C. The molecule has 4 aromatic rings. The number of benzene rings is 3. The number of rotatable bonds is 4. The van der Waals surface area contributed by atoms with Crippen LogP contribution in [0.1, 0.15) is 27.0 Å². The van der Waals surface area contributed by atoms with Gasteiger partial charge < -0.3 is 14.5 Å². The number of nitrogens with one attached hydrogen (secondary N) is 2. The fourth-order valence-corrected chi connectivity index (χ4v) is 3.67. The Hall–Kier alpha value is -3.71. The number of amides is 1. The number of hydrogen-bond donors (Lipinski definition) is 2. The van der Waals surface area contributed by atoms with E-state index in [1.165, 1.54) is 7.11 Å². The van der Waals surface area contributed by atoms with Crippen LogP contribution in [0.4, 0.5) is 5.69 Å². The summed E-state index contributed by atoms with van der Waals surface area (Å²) in [6, 6.07) is 17.1. The van der Waals surface area contributed by atoms with Crippen molar-refractivity contribution in [2.75, 3.05) is 12.4 Å². The molecule has 0 aliphatic rings. The lowest BCUT2D eigenvalue weighted by molar-refractivity contribution is 0.0974. The number of fused-ring (bicyclic) bond motifs is 1. The quantitative estimate of drug-likeness (QED) is 0.401. The lowest BCUT2D eigenvalue weighted by Gasteiger charge is -2.14. The highest BCUT2D eigenvalue weighted by molar-refractivity contribution is 7.80. The van der Waals surface area contributed by atoms with Crippen molar-refractivity contribution in [2.45, 2.75) is 20.8 Å². The number of para-hydroxylation sites is 1. The van der Waals surface area contributed by atoms with Crippen LogP contribution in [0.2, 0.25) is 0 Å². The van der Waals surface area contributed by atoms with Gasteiger partial charge in [-0.15, -0.1) is 0 Å². The molecule has 0 aliphatic carbocycles. The van der Waals surface area contributed by atoms with Gasteiger partial charge in [0.15, 0.2) is 10.7 Å². The molecule has 0 fully saturated rings. The minimum atomic E-state index is -0.342. The first kappa shape index (κ1) is 21.5. The number of nitrogens with zero attached hydrogens (tertiary/aromatic N) is 1. The molecule has 0 aliphatic heterocycles. The molecule has 0 saturated carbocycles. The Bertz CT molecular complexity index is 1340. The summed E-state index contributed by atoms with van der Waals surface area (Å²) in [4.78, 5) is 17.3. The van der Waals surface area contributed by atoms with Crippen molar-refractivity contribution in [3.63, 3.8) is 0 Å². The molecule has 0 atom stereocenters. The average Bonchev–Trinajstić information content (AvgIpc) is 3.18. The number of carbonyl (C=O) groups excluding carboxylic acids is 1. The molecule has 0 unspecified atom stereocenters. The molecule has 1 aromatic heterocycles. The molecule has 4 rings (SSSR count). The van der Waals surface area contributed by atoms with Gasteiger partial charge in [0.2, 0.25) is 5.89 Å². The van der Waals surface area contributed by atoms with Crippen LogP contribution < -0.4 is 15.4 Å². The largest absolute Gasteiger partial charge is 0.496 e. The summed E-state index contributed by atoms with van der Waals surface area (Å²) in [6.45, 7) is 5.85. The summed E-state index contributed by atoms with van der Waals surface area (Å²) >= 11 is 5.39. The molecule has 0 radical (unpaired) electrons. The zero-order valence-electron chi connectivity index (χ0n) is 18.3. The summed E-state index contributed by atoms with van der Waals surface area (Å²) < 4.78 is 11.3. The molecule has 32 heavy (non-hydrogen) atoms. The van der Waals surface area contributed by atoms with Gasteiger partial charge in [-0.25, -0.2) is 4.98 Å². The Labute approximate surface area is 191 Å². The van der Waals surface area contributed by atoms with Gasteiger partial charge in [0.1, 0.15) is 11.3 Å². The zero-order chi connectivity index (χ0) is 22.8. The molecule has 0 bridgehead atoms. The van der Waals surface area contributed by atoms with Crippen molar-refractivity contribution in [1.29, 1.82) is 0 Å².